The van der Waals surface area contributed by atoms with Crippen molar-refractivity contribution in [3.63, 3.8) is 0 Å². The third-order valence-electron chi connectivity index (χ3n) is 4.99. The van der Waals surface area contributed by atoms with Gasteiger partial charge in [0.05, 0.1) is 0 Å². The Bertz CT molecular complexity index is 947. The quantitative estimate of drug-likeness (QED) is 0.798. The monoisotopic (exact) mass is 384 g/mol. The van der Waals surface area contributed by atoms with Crippen LogP contribution in [0.15, 0.2) is 23.1 Å². The van der Waals surface area contributed by atoms with Gasteiger partial charge in [-0.1, -0.05) is 0 Å². The zero-order chi connectivity index (χ0) is 18.5. The summed E-state index contributed by atoms with van der Waals surface area (Å²) in [7, 11) is -2.54. The maximum absolute atomic E-state index is 14.2. The van der Waals surface area contributed by atoms with Gasteiger partial charge in [-0.15, -0.1) is 10.2 Å². The molecule has 0 spiro atoms. The number of halogens is 2. The first kappa shape index (κ1) is 17.5. The van der Waals surface area contributed by atoms with Crippen LogP contribution in [0.5, 0.6) is 0 Å². The zero-order valence-corrected chi connectivity index (χ0v) is 14.9. The molecule has 0 N–H and O–H groups in total. The lowest BCUT2D eigenvalue weighted by molar-refractivity contribution is 0.172. The Morgan fingerprint density at radius 3 is 2.73 bits per heavy atom. The minimum atomic E-state index is -4.09. The lowest BCUT2D eigenvalue weighted by Crippen LogP contribution is -2.42. The van der Waals surface area contributed by atoms with E-state index in [1.165, 1.54) is 4.31 Å². The van der Waals surface area contributed by atoms with E-state index in [-0.39, 0.29) is 18.7 Å². The second-order valence-corrected chi connectivity index (χ2v) is 8.39. The number of nitrogens with zero attached hydrogens (tertiary/aromatic N) is 4. The number of hydrogen-bond donors (Lipinski definition) is 0. The lowest BCUT2D eigenvalue weighted by Gasteiger charge is -2.27. The van der Waals surface area contributed by atoms with Crippen LogP contribution in [0.4, 0.5) is 8.78 Å². The normalized spacial score (nSPS) is 23.0. The third kappa shape index (κ3) is 2.72. The van der Waals surface area contributed by atoms with E-state index < -0.39 is 26.6 Å². The summed E-state index contributed by atoms with van der Waals surface area (Å²) in [4.78, 5) is -0.495. The Morgan fingerprint density at radius 1 is 1.23 bits per heavy atom. The molecule has 1 aromatic carbocycles. The highest BCUT2D eigenvalue weighted by molar-refractivity contribution is 7.89. The molecule has 7 nitrogen and oxygen atoms in total. The molecule has 3 heterocycles. The Morgan fingerprint density at radius 2 is 2.00 bits per heavy atom. The molecule has 0 unspecified atom stereocenters. The number of ether oxygens (including phenoxy) is 1. The molecule has 4 rings (SSSR count). The highest BCUT2D eigenvalue weighted by atomic mass is 32.2. The first-order valence-electron chi connectivity index (χ1n) is 8.30. The van der Waals surface area contributed by atoms with Crippen molar-refractivity contribution in [3.05, 3.63) is 41.5 Å². The Balaban J connectivity index is 1.72. The second-order valence-electron chi connectivity index (χ2n) is 6.57. The third-order valence-corrected chi connectivity index (χ3v) is 7.03. The van der Waals surface area contributed by atoms with Gasteiger partial charge in [-0.3, -0.25) is 0 Å². The summed E-state index contributed by atoms with van der Waals surface area (Å²) in [6.07, 6.45) is 1.73. The molecule has 26 heavy (non-hydrogen) atoms. The van der Waals surface area contributed by atoms with Crippen molar-refractivity contribution in [3.8, 4) is 0 Å². The van der Waals surface area contributed by atoms with Crippen LogP contribution in [0.1, 0.15) is 24.5 Å². The number of methoxy groups -OCH3 is 1. The lowest BCUT2D eigenvalue weighted by atomic mass is 10.1. The first-order chi connectivity index (χ1) is 12.4. The summed E-state index contributed by atoms with van der Waals surface area (Å²) in [5.41, 5.74) is 0. The van der Waals surface area contributed by atoms with Gasteiger partial charge >= 0.3 is 0 Å². The van der Waals surface area contributed by atoms with Gasteiger partial charge in [-0.25, -0.2) is 17.2 Å². The van der Waals surface area contributed by atoms with E-state index in [1.807, 2.05) is 4.57 Å². The van der Waals surface area contributed by atoms with Crippen molar-refractivity contribution < 1.29 is 21.9 Å². The SMILES string of the molecule is COCc1nnc2n1C[C@H]1CC[C@@H](C2)N1S(=O)(=O)c1ccc(F)cc1F. The smallest absolute Gasteiger partial charge is 0.246 e. The summed E-state index contributed by atoms with van der Waals surface area (Å²) in [6, 6.07) is 1.89. The topological polar surface area (TPSA) is 77.3 Å². The van der Waals surface area contributed by atoms with Gasteiger partial charge in [0.1, 0.15) is 29.0 Å². The van der Waals surface area contributed by atoms with Crippen LogP contribution in [0.3, 0.4) is 0 Å². The van der Waals surface area contributed by atoms with E-state index in [1.54, 1.807) is 7.11 Å². The first-order valence-corrected chi connectivity index (χ1v) is 9.74. The van der Waals surface area contributed by atoms with E-state index >= 15 is 0 Å². The molecule has 1 fully saturated rings. The molecule has 1 aromatic heterocycles. The molecular weight excluding hydrogens is 366 g/mol. The molecule has 1 saturated heterocycles. The van der Waals surface area contributed by atoms with Crippen LogP contribution in [0.25, 0.3) is 0 Å². The van der Waals surface area contributed by atoms with Gasteiger partial charge in [0.2, 0.25) is 10.0 Å². The van der Waals surface area contributed by atoms with Crippen molar-refractivity contribution >= 4 is 10.0 Å². The van der Waals surface area contributed by atoms with Gasteiger partial charge in [-0.2, -0.15) is 4.31 Å². The zero-order valence-electron chi connectivity index (χ0n) is 14.1. The van der Waals surface area contributed by atoms with Gasteiger partial charge in [0.25, 0.3) is 0 Å². The molecule has 0 amide bonds. The van der Waals surface area contributed by atoms with Gasteiger partial charge < -0.3 is 9.30 Å². The Hall–Kier alpha value is -1.91. The summed E-state index contributed by atoms with van der Waals surface area (Å²) in [6.45, 7) is 0.670. The second kappa shape index (κ2) is 6.36. The highest BCUT2D eigenvalue weighted by Gasteiger charge is 2.46. The highest BCUT2D eigenvalue weighted by Crippen LogP contribution is 2.36. The van der Waals surface area contributed by atoms with Crippen LogP contribution in [-0.4, -0.2) is 46.7 Å². The summed E-state index contributed by atoms with van der Waals surface area (Å²) in [5.74, 6) is -0.548. The fourth-order valence-corrected chi connectivity index (χ4v) is 5.79. The Labute approximate surface area is 149 Å². The molecule has 0 aliphatic carbocycles. The van der Waals surface area contributed by atoms with E-state index in [4.69, 9.17) is 4.74 Å². The molecular formula is C16H18F2N4O3S. The molecule has 2 aromatic rings. The van der Waals surface area contributed by atoms with Crippen molar-refractivity contribution in [2.45, 2.75) is 49.4 Å². The van der Waals surface area contributed by atoms with E-state index in [2.05, 4.69) is 10.2 Å². The fourth-order valence-electron chi connectivity index (χ4n) is 3.88. The number of fused-ring (bicyclic) bond motifs is 3. The standard InChI is InChI=1S/C16H18F2N4O3S/c1-25-9-16-20-19-15-7-11-3-4-12(8-21(15)16)22(11)26(23,24)14-5-2-10(17)6-13(14)18/h2,5-6,11-12H,3-4,7-9H2,1H3/t11-,12+/m0/s1. The van der Waals surface area contributed by atoms with Crippen molar-refractivity contribution in [2.24, 2.45) is 0 Å². The molecule has 2 bridgehead atoms. The average molecular weight is 384 g/mol. The molecule has 10 heteroatoms. The van der Waals surface area contributed by atoms with Crippen molar-refractivity contribution in [1.82, 2.24) is 19.1 Å². The van der Waals surface area contributed by atoms with Gasteiger partial charge in [0, 0.05) is 38.2 Å². The minimum Gasteiger partial charge on any atom is -0.377 e. The molecule has 2 atom stereocenters. The predicted octanol–water partition coefficient (Wildman–Crippen LogP) is 1.48. The van der Waals surface area contributed by atoms with E-state index in [0.29, 0.717) is 43.5 Å². The van der Waals surface area contributed by atoms with E-state index in [9.17, 15) is 17.2 Å². The number of benzene rings is 1. The van der Waals surface area contributed by atoms with E-state index in [0.717, 1.165) is 12.1 Å². The number of hydrogen-bond acceptors (Lipinski definition) is 5. The van der Waals surface area contributed by atoms with Gasteiger partial charge in [-0.05, 0) is 25.0 Å². The van der Waals surface area contributed by atoms with Crippen LogP contribution < -0.4 is 0 Å². The number of rotatable bonds is 4. The van der Waals surface area contributed by atoms with Crippen LogP contribution >= 0.6 is 0 Å². The maximum atomic E-state index is 14.2. The van der Waals surface area contributed by atoms with Crippen LogP contribution in [0.2, 0.25) is 0 Å². The molecule has 0 radical (unpaired) electrons. The minimum absolute atomic E-state index is 0.281. The van der Waals surface area contributed by atoms with Crippen LogP contribution in [0, 0.1) is 11.6 Å². The van der Waals surface area contributed by atoms with Crippen LogP contribution in [-0.2, 0) is 34.3 Å². The molecule has 2 aliphatic rings. The van der Waals surface area contributed by atoms with Crippen molar-refractivity contribution in [1.29, 1.82) is 0 Å². The average Bonchev–Trinajstić information content (AvgIpc) is 3.07. The van der Waals surface area contributed by atoms with Gasteiger partial charge in [0.15, 0.2) is 5.82 Å². The fraction of sp³-hybridized carbons (Fsp3) is 0.500. The summed E-state index contributed by atoms with van der Waals surface area (Å²) >= 11 is 0. The summed E-state index contributed by atoms with van der Waals surface area (Å²) < 4.78 is 61.9. The number of sulfonamides is 1. The Kier molecular flexibility index (Phi) is 4.28. The molecule has 2 aliphatic heterocycles. The largest absolute Gasteiger partial charge is 0.377 e. The van der Waals surface area contributed by atoms with Crippen molar-refractivity contribution in [2.75, 3.05) is 7.11 Å². The molecule has 140 valence electrons. The number of aromatic nitrogens is 3. The maximum Gasteiger partial charge on any atom is 0.246 e. The predicted molar refractivity (Wildman–Crippen MR) is 86.6 cm³/mol. The summed E-state index contributed by atoms with van der Waals surface area (Å²) in [5, 5.41) is 8.27. The molecule has 0 saturated carbocycles.